The molecule has 1 heterocycles. The zero-order valence-electron chi connectivity index (χ0n) is 12.5. The van der Waals surface area contributed by atoms with Crippen LogP contribution >= 0.6 is 0 Å². The summed E-state index contributed by atoms with van der Waals surface area (Å²) in [6.45, 7) is 10.9. The lowest BCUT2D eigenvalue weighted by molar-refractivity contribution is 0.1000. The standard InChI is InChI=1S/C17H28N2/c1-3-16(2)19-14-12-18(13-15-19)11-7-10-17-8-5-4-6-9-17/h4-6,8-9,16H,3,7,10-15H2,1-2H3/t16-/m0/s1. The van der Waals surface area contributed by atoms with Crippen LogP contribution in [0.2, 0.25) is 0 Å². The fourth-order valence-electron chi connectivity index (χ4n) is 2.84. The second-order valence-electron chi connectivity index (χ2n) is 5.72. The Morgan fingerprint density at radius 2 is 1.74 bits per heavy atom. The van der Waals surface area contributed by atoms with Gasteiger partial charge in [0.15, 0.2) is 0 Å². The molecular weight excluding hydrogens is 232 g/mol. The first kappa shape index (κ1) is 14.5. The predicted octanol–water partition coefficient (Wildman–Crippen LogP) is 3.04. The van der Waals surface area contributed by atoms with Crippen molar-refractivity contribution in [3.05, 3.63) is 35.9 Å². The molecule has 1 fully saturated rings. The monoisotopic (exact) mass is 260 g/mol. The van der Waals surface area contributed by atoms with Gasteiger partial charge in [0.2, 0.25) is 0 Å². The Kier molecular flexibility index (Phi) is 5.87. The molecule has 1 atom stereocenters. The third-order valence-corrected chi connectivity index (χ3v) is 4.40. The molecule has 19 heavy (non-hydrogen) atoms. The van der Waals surface area contributed by atoms with Crippen molar-refractivity contribution in [3.8, 4) is 0 Å². The maximum Gasteiger partial charge on any atom is 0.0113 e. The van der Waals surface area contributed by atoms with Crippen molar-refractivity contribution in [1.29, 1.82) is 0 Å². The summed E-state index contributed by atoms with van der Waals surface area (Å²) >= 11 is 0. The van der Waals surface area contributed by atoms with Crippen LogP contribution in [0.25, 0.3) is 0 Å². The zero-order chi connectivity index (χ0) is 13.5. The molecule has 0 aromatic heterocycles. The minimum absolute atomic E-state index is 0.756. The van der Waals surface area contributed by atoms with Gasteiger partial charge in [-0.3, -0.25) is 4.90 Å². The summed E-state index contributed by atoms with van der Waals surface area (Å²) in [6, 6.07) is 11.6. The van der Waals surface area contributed by atoms with E-state index in [4.69, 9.17) is 0 Å². The Morgan fingerprint density at radius 3 is 2.37 bits per heavy atom. The molecular formula is C17H28N2. The molecule has 0 N–H and O–H groups in total. The topological polar surface area (TPSA) is 6.48 Å². The van der Waals surface area contributed by atoms with E-state index in [2.05, 4.69) is 54.0 Å². The van der Waals surface area contributed by atoms with E-state index < -0.39 is 0 Å². The number of piperazine rings is 1. The van der Waals surface area contributed by atoms with Crippen molar-refractivity contribution in [2.45, 2.75) is 39.2 Å². The molecule has 106 valence electrons. The highest BCUT2D eigenvalue weighted by atomic mass is 15.3. The van der Waals surface area contributed by atoms with Crippen LogP contribution in [0.1, 0.15) is 32.3 Å². The van der Waals surface area contributed by atoms with Crippen molar-refractivity contribution in [2.24, 2.45) is 0 Å². The molecule has 2 rings (SSSR count). The van der Waals surface area contributed by atoms with Gasteiger partial charge in [0.25, 0.3) is 0 Å². The van der Waals surface area contributed by atoms with Crippen molar-refractivity contribution in [2.75, 3.05) is 32.7 Å². The molecule has 0 saturated carbocycles. The van der Waals surface area contributed by atoms with E-state index in [-0.39, 0.29) is 0 Å². The van der Waals surface area contributed by atoms with Crippen LogP contribution in [0.3, 0.4) is 0 Å². The third kappa shape index (κ3) is 4.63. The number of hydrogen-bond donors (Lipinski definition) is 0. The number of aryl methyl sites for hydroxylation is 1. The Morgan fingerprint density at radius 1 is 1.05 bits per heavy atom. The molecule has 1 aromatic rings. The lowest BCUT2D eigenvalue weighted by Gasteiger charge is -2.37. The third-order valence-electron chi connectivity index (χ3n) is 4.40. The van der Waals surface area contributed by atoms with Crippen molar-refractivity contribution in [1.82, 2.24) is 9.80 Å². The summed E-state index contributed by atoms with van der Waals surface area (Å²) in [4.78, 5) is 5.26. The maximum absolute atomic E-state index is 2.63. The molecule has 0 aliphatic carbocycles. The highest BCUT2D eigenvalue weighted by molar-refractivity contribution is 5.14. The van der Waals surface area contributed by atoms with Gasteiger partial charge in [-0.05, 0) is 38.3 Å². The molecule has 1 aliphatic rings. The zero-order valence-corrected chi connectivity index (χ0v) is 12.5. The largest absolute Gasteiger partial charge is 0.301 e. The lowest BCUT2D eigenvalue weighted by Crippen LogP contribution is -2.49. The van der Waals surface area contributed by atoms with Crippen LogP contribution in [0.4, 0.5) is 0 Å². The van der Waals surface area contributed by atoms with Gasteiger partial charge >= 0.3 is 0 Å². The summed E-state index contributed by atoms with van der Waals surface area (Å²) in [7, 11) is 0. The first-order valence-electron chi connectivity index (χ1n) is 7.80. The summed E-state index contributed by atoms with van der Waals surface area (Å²) in [6.07, 6.45) is 3.77. The molecule has 1 aliphatic heterocycles. The van der Waals surface area contributed by atoms with Crippen molar-refractivity contribution in [3.63, 3.8) is 0 Å². The lowest BCUT2D eigenvalue weighted by atomic mass is 10.1. The van der Waals surface area contributed by atoms with Crippen LogP contribution in [0, 0.1) is 0 Å². The summed E-state index contributed by atoms with van der Waals surface area (Å²) < 4.78 is 0. The predicted molar refractivity (Wildman–Crippen MR) is 82.5 cm³/mol. The number of benzene rings is 1. The fraction of sp³-hybridized carbons (Fsp3) is 0.647. The highest BCUT2D eigenvalue weighted by Gasteiger charge is 2.19. The smallest absolute Gasteiger partial charge is 0.0113 e. The molecule has 2 heteroatoms. The maximum atomic E-state index is 2.63. The number of rotatable bonds is 6. The minimum atomic E-state index is 0.756. The molecule has 1 saturated heterocycles. The molecule has 0 spiro atoms. The van der Waals surface area contributed by atoms with Crippen molar-refractivity contribution < 1.29 is 0 Å². The Bertz CT molecular complexity index is 342. The van der Waals surface area contributed by atoms with Gasteiger partial charge in [-0.2, -0.15) is 0 Å². The molecule has 0 bridgehead atoms. The Balaban J connectivity index is 1.63. The molecule has 1 aromatic carbocycles. The van der Waals surface area contributed by atoms with Crippen LogP contribution in [-0.4, -0.2) is 48.6 Å². The van der Waals surface area contributed by atoms with Gasteiger partial charge < -0.3 is 4.90 Å². The quantitative estimate of drug-likeness (QED) is 0.776. The number of hydrogen-bond acceptors (Lipinski definition) is 2. The summed E-state index contributed by atoms with van der Waals surface area (Å²) in [5.74, 6) is 0. The first-order chi connectivity index (χ1) is 9.29. The highest BCUT2D eigenvalue weighted by Crippen LogP contribution is 2.10. The van der Waals surface area contributed by atoms with E-state index in [0.29, 0.717) is 0 Å². The van der Waals surface area contributed by atoms with Gasteiger partial charge in [0, 0.05) is 32.2 Å². The summed E-state index contributed by atoms with van der Waals surface area (Å²) in [5, 5.41) is 0. The fourth-order valence-corrected chi connectivity index (χ4v) is 2.84. The van der Waals surface area contributed by atoms with Gasteiger partial charge in [-0.25, -0.2) is 0 Å². The summed E-state index contributed by atoms with van der Waals surface area (Å²) in [5.41, 5.74) is 1.47. The normalized spacial score (nSPS) is 19.5. The van der Waals surface area contributed by atoms with Gasteiger partial charge in [0.1, 0.15) is 0 Å². The second-order valence-corrected chi connectivity index (χ2v) is 5.72. The van der Waals surface area contributed by atoms with Crippen LogP contribution in [-0.2, 0) is 6.42 Å². The van der Waals surface area contributed by atoms with Crippen LogP contribution in [0.5, 0.6) is 0 Å². The van der Waals surface area contributed by atoms with Gasteiger partial charge in [-0.1, -0.05) is 37.3 Å². The van der Waals surface area contributed by atoms with E-state index >= 15 is 0 Å². The van der Waals surface area contributed by atoms with E-state index in [1.807, 2.05) is 0 Å². The van der Waals surface area contributed by atoms with E-state index in [9.17, 15) is 0 Å². The van der Waals surface area contributed by atoms with Gasteiger partial charge in [0.05, 0.1) is 0 Å². The molecule has 0 unspecified atom stereocenters. The Labute approximate surface area is 118 Å². The average Bonchev–Trinajstić information content (AvgIpc) is 2.48. The van der Waals surface area contributed by atoms with Gasteiger partial charge in [-0.15, -0.1) is 0 Å². The van der Waals surface area contributed by atoms with Crippen LogP contribution in [0.15, 0.2) is 30.3 Å². The van der Waals surface area contributed by atoms with Crippen molar-refractivity contribution >= 4 is 0 Å². The molecule has 2 nitrogen and oxygen atoms in total. The van der Waals surface area contributed by atoms with E-state index in [1.165, 1.54) is 57.5 Å². The molecule has 0 amide bonds. The number of nitrogens with zero attached hydrogens (tertiary/aromatic N) is 2. The first-order valence-corrected chi connectivity index (χ1v) is 7.80. The molecule has 0 radical (unpaired) electrons. The second kappa shape index (κ2) is 7.66. The minimum Gasteiger partial charge on any atom is -0.301 e. The van der Waals surface area contributed by atoms with Crippen LogP contribution < -0.4 is 0 Å². The van der Waals surface area contributed by atoms with E-state index in [1.54, 1.807) is 0 Å². The van der Waals surface area contributed by atoms with E-state index in [0.717, 1.165) is 6.04 Å². The average molecular weight is 260 g/mol. The SMILES string of the molecule is CC[C@H](C)N1CCN(CCCc2ccccc2)CC1. The Hall–Kier alpha value is -0.860.